The van der Waals surface area contributed by atoms with Crippen molar-refractivity contribution >= 4 is 36.0 Å². The molecule has 156 valence electrons. The van der Waals surface area contributed by atoms with E-state index in [0.717, 1.165) is 23.2 Å². The van der Waals surface area contributed by atoms with Crippen LogP contribution >= 0.6 is 24.2 Å². The lowest BCUT2D eigenvalue weighted by molar-refractivity contribution is -0.140. The topological polar surface area (TPSA) is 74.3 Å². The first-order chi connectivity index (χ1) is 13.9. The minimum atomic E-state index is -0.412. The summed E-state index contributed by atoms with van der Waals surface area (Å²) in [7, 11) is 0. The molecule has 6 nitrogen and oxygen atoms in total. The van der Waals surface area contributed by atoms with E-state index >= 15 is 0 Å². The van der Waals surface area contributed by atoms with Crippen molar-refractivity contribution in [3.05, 3.63) is 41.0 Å². The van der Waals surface area contributed by atoms with Crippen LogP contribution in [0.5, 0.6) is 0 Å². The maximum atomic E-state index is 12.8. The average Bonchev–Trinajstić information content (AvgIpc) is 3.36. The van der Waals surface area contributed by atoms with Crippen molar-refractivity contribution in [2.24, 2.45) is 5.92 Å². The summed E-state index contributed by atoms with van der Waals surface area (Å²) in [4.78, 5) is 32.7. The molecule has 2 heterocycles. The van der Waals surface area contributed by atoms with Crippen LogP contribution in [0.15, 0.2) is 29.8 Å². The molecule has 2 amide bonds. The van der Waals surface area contributed by atoms with Crippen LogP contribution in [-0.4, -0.2) is 40.3 Å². The molecule has 2 N–H and O–H groups in total. The Balaban J connectivity index is 1.60. The number of benzene rings is 1. The zero-order chi connectivity index (χ0) is 21.0. The Morgan fingerprint density at radius 3 is 2.62 bits per heavy atom. The summed E-state index contributed by atoms with van der Waals surface area (Å²) in [5, 5.41) is 3.00. The van der Waals surface area contributed by atoms with Crippen LogP contribution in [0.25, 0.3) is 10.4 Å². The molecule has 0 spiro atoms. The van der Waals surface area contributed by atoms with Gasteiger partial charge in [-0.05, 0) is 36.8 Å². The van der Waals surface area contributed by atoms with E-state index in [4.69, 9.17) is 0 Å². The van der Waals surface area contributed by atoms with Crippen molar-refractivity contribution < 1.29 is 9.59 Å². The van der Waals surface area contributed by atoms with Gasteiger partial charge in [-0.3, -0.25) is 14.3 Å². The number of nitrogens with one attached hydrogen (secondary N) is 2. The Kier molecular flexibility index (Phi) is 7.32. The van der Waals surface area contributed by atoms with E-state index in [1.54, 1.807) is 16.2 Å². The molecule has 1 saturated heterocycles. The Hall–Kier alpha value is -1.90. The Bertz CT molecular complexity index is 851. The van der Waals surface area contributed by atoms with Gasteiger partial charge in [0.15, 0.2) is 0 Å². The molecule has 0 radical (unpaired) electrons. The maximum Gasteiger partial charge on any atom is 0.243 e. The summed E-state index contributed by atoms with van der Waals surface area (Å²) in [6.45, 7) is 6.99. The van der Waals surface area contributed by atoms with Gasteiger partial charge in [0.1, 0.15) is 6.04 Å². The molecule has 1 aromatic carbocycles. The van der Waals surface area contributed by atoms with Gasteiger partial charge in [-0.1, -0.05) is 50.9 Å². The summed E-state index contributed by atoms with van der Waals surface area (Å²) in [6, 6.07) is 7.34. The van der Waals surface area contributed by atoms with E-state index in [2.05, 4.69) is 40.0 Å². The van der Waals surface area contributed by atoms with Gasteiger partial charge in [-0.2, -0.15) is 0 Å². The molecule has 3 rings (SSSR count). The highest BCUT2D eigenvalue weighted by Gasteiger charge is 2.37. The minimum absolute atomic E-state index is 0.0584. The van der Waals surface area contributed by atoms with E-state index in [1.807, 2.05) is 38.4 Å². The number of hydrogen-bond donors (Lipinski definition) is 3. The van der Waals surface area contributed by atoms with Crippen LogP contribution in [0.2, 0.25) is 0 Å². The van der Waals surface area contributed by atoms with Crippen molar-refractivity contribution in [3.8, 4) is 10.4 Å². The molecule has 0 bridgehead atoms. The number of rotatable bonds is 7. The Morgan fingerprint density at radius 1 is 1.31 bits per heavy atom. The number of thiol groups is 1. The molecule has 0 aliphatic carbocycles. The number of likely N-dealkylation sites (tertiary alicyclic amines) is 1. The summed E-state index contributed by atoms with van der Waals surface area (Å²) < 4.78 is 2.78. The third kappa shape index (κ3) is 4.99. The standard InChI is InChI=1S/C21H28N4O2S2/c1-13(2)18(24-28)21(27)25-10-4-5-17(25)20(26)22-11-15-6-8-16(9-7-15)19-14(3)23-12-29-19/h6-9,12-13,17-18,24,28H,4-5,10-11H2,1-3H3,(H,22,26). The van der Waals surface area contributed by atoms with Gasteiger partial charge in [0.2, 0.25) is 11.8 Å². The third-order valence-electron chi connectivity index (χ3n) is 5.34. The van der Waals surface area contributed by atoms with Crippen LogP contribution in [0.3, 0.4) is 0 Å². The summed E-state index contributed by atoms with van der Waals surface area (Å²) in [6.07, 6.45) is 1.53. The van der Waals surface area contributed by atoms with Crippen LogP contribution in [0.1, 0.15) is 37.9 Å². The predicted octanol–water partition coefficient (Wildman–Crippen LogP) is 3.18. The smallest absolute Gasteiger partial charge is 0.243 e. The molecule has 2 unspecified atom stereocenters. The molecule has 2 atom stereocenters. The monoisotopic (exact) mass is 432 g/mol. The first kappa shape index (κ1) is 21.8. The Labute approximate surface area is 181 Å². The lowest BCUT2D eigenvalue weighted by Gasteiger charge is -2.29. The van der Waals surface area contributed by atoms with Crippen LogP contribution in [0.4, 0.5) is 0 Å². The number of carbonyl (C=O) groups is 2. The number of aryl methyl sites for hydroxylation is 1. The second kappa shape index (κ2) is 9.73. The van der Waals surface area contributed by atoms with Gasteiger partial charge in [-0.15, -0.1) is 11.3 Å². The number of thiazole rings is 1. The Morgan fingerprint density at radius 2 is 2.03 bits per heavy atom. The molecular weight excluding hydrogens is 404 g/mol. The average molecular weight is 433 g/mol. The number of carbonyl (C=O) groups excluding carboxylic acids is 2. The zero-order valence-corrected chi connectivity index (χ0v) is 18.7. The lowest BCUT2D eigenvalue weighted by atomic mass is 10.0. The second-order valence-electron chi connectivity index (χ2n) is 7.72. The highest BCUT2D eigenvalue weighted by Crippen LogP contribution is 2.27. The third-order valence-corrected chi connectivity index (χ3v) is 6.59. The van der Waals surface area contributed by atoms with Crippen molar-refractivity contribution in [3.63, 3.8) is 0 Å². The van der Waals surface area contributed by atoms with E-state index in [0.29, 0.717) is 19.5 Å². The molecule has 1 aliphatic heterocycles. The number of nitrogens with zero attached hydrogens (tertiary/aromatic N) is 2. The van der Waals surface area contributed by atoms with Gasteiger partial charge in [0.25, 0.3) is 0 Å². The molecule has 1 fully saturated rings. The molecule has 0 saturated carbocycles. The molecule has 29 heavy (non-hydrogen) atoms. The van der Waals surface area contributed by atoms with Crippen LogP contribution < -0.4 is 10.0 Å². The van der Waals surface area contributed by atoms with E-state index in [-0.39, 0.29) is 17.7 Å². The van der Waals surface area contributed by atoms with Crippen molar-refractivity contribution in [2.45, 2.75) is 52.2 Å². The van der Waals surface area contributed by atoms with Crippen LogP contribution in [-0.2, 0) is 16.1 Å². The minimum Gasteiger partial charge on any atom is -0.350 e. The van der Waals surface area contributed by atoms with E-state index in [9.17, 15) is 9.59 Å². The summed E-state index contributed by atoms with van der Waals surface area (Å²) in [5.41, 5.74) is 5.03. The largest absolute Gasteiger partial charge is 0.350 e. The summed E-state index contributed by atoms with van der Waals surface area (Å²) in [5.74, 6) is -0.0539. The molecule has 1 aliphatic rings. The maximum absolute atomic E-state index is 12.8. The highest BCUT2D eigenvalue weighted by atomic mass is 32.1. The SMILES string of the molecule is Cc1ncsc1-c1ccc(CNC(=O)C2CCCN2C(=O)C(NS)C(C)C)cc1. The first-order valence-electron chi connectivity index (χ1n) is 9.89. The number of aromatic nitrogens is 1. The molecule has 1 aromatic heterocycles. The van der Waals surface area contributed by atoms with Gasteiger partial charge in [0.05, 0.1) is 22.1 Å². The zero-order valence-electron chi connectivity index (χ0n) is 17.0. The quantitative estimate of drug-likeness (QED) is 0.588. The fourth-order valence-corrected chi connectivity index (χ4v) is 4.85. The van der Waals surface area contributed by atoms with Gasteiger partial charge in [0, 0.05) is 13.1 Å². The second-order valence-corrected chi connectivity index (χ2v) is 8.84. The van der Waals surface area contributed by atoms with E-state index in [1.165, 1.54) is 4.88 Å². The fraction of sp³-hybridized carbons (Fsp3) is 0.476. The van der Waals surface area contributed by atoms with Gasteiger partial charge in [-0.25, -0.2) is 4.98 Å². The predicted molar refractivity (Wildman–Crippen MR) is 120 cm³/mol. The van der Waals surface area contributed by atoms with Gasteiger partial charge < -0.3 is 10.2 Å². The van der Waals surface area contributed by atoms with Crippen molar-refractivity contribution in [1.82, 2.24) is 19.9 Å². The first-order valence-corrected chi connectivity index (χ1v) is 11.2. The van der Waals surface area contributed by atoms with Crippen molar-refractivity contribution in [2.75, 3.05) is 6.54 Å². The van der Waals surface area contributed by atoms with Gasteiger partial charge >= 0.3 is 0 Å². The summed E-state index contributed by atoms with van der Waals surface area (Å²) >= 11 is 5.72. The number of hydrogen-bond acceptors (Lipinski definition) is 6. The molecule has 2 aromatic rings. The number of amides is 2. The highest BCUT2D eigenvalue weighted by molar-refractivity contribution is 7.78. The van der Waals surface area contributed by atoms with Crippen LogP contribution in [0, 0.1) is 12.8 Å². The van der Waals surface area contributed by atoms with E-state index < -0.39 is 12.1 Å². The molecular formula is C21H28N4O2S2. The lowest BCUT2D eigenvalue weighted by Crippen LogP contribution is -2.52. The molecule has 8 heteroatoms. The normalized spacial score (nSPS) is 17.6. The van der Waals surface area contributed by atoms with Crippen molar-refractivity contribution in [1.29, 1.82) is 0 Å². The fourth-order valence-electron chi connectivity index (χ4n) is 3.63.